The highest BCUT2D eigenvalue weighted by atomic mass is 16.3. The van der Waals surface area contributed by atoms with E-state index in [1.165, 1.54) is 5.56 Å². The SMILES string of the molecule is C[C@H]1CN(C(=O)CO)C[C@@H]1c1ccccc1. The van der Waals surface area contributed by atoms with Gasteiger partial charge in [0.15, 0.2) is 0 Å². The number of carbonyl (C=O) groups excluding carboxylic acids is 1. The van der Waals surface area contributed by atoms with Crippen molar-refractivity contribution in [2.45, 2.75) is 12.8 Å². The van der Waals surface area contributed by atoms with Crippen LogP contribution in [-0.2, 0) is 4.79 Å². The van der Waals surface area contributed by atoms with Crippen LogP contribution in [0.1, 0.15) is 18.4 Å². The summed E-state index contributed by atoms with van der Waals surface area (Å²) in [5, 5.41) is 8.85. The molecule has 1 amide bonds. The number of amides is 1. The van der Waals surface area contributed by atoms with E-state index in [2.05, 4.69) is 19.1 Å². The molecule has 1 aliphatic rings. The molecule has 0 aromatic heterocycles. The van der Waals surface area contributed by atoms with Crippen LogP contribution in [0.4, 0.5) is 0 Å². The van der Waals surface area contributed by atoms with Gasteiger partial charge in [-0.25, -0.2) is 0 Å². The Bertz CT molecular complexity index is 363. The van der Waals surface area contributed by atoms with Gasteiger partial charge in [-0.2, -0.15) is 0 Å². The number of rotatable bonds is 2. The average molecular weight is 219 g/mol. The minimum Gasteiger partial charge on any atom is -0.387 e. The molecule has 3 nitrogen and oxygen atoms in total. The largest absolute Gasteiger partial charge is 0.387 e. The standard InChI is InChI=1S/C13H17NO2/c1-10-7-14(13(16)9-15)8-12(10)11-5-3-2-4-6-11/h2-6,10,12,15H,7-9H2,1H3/t10-,12-/m0/s1. The summed E-state index contributed by atoms with van der Waals surface area (Å²) in [4.78, 5) is 13.2. The Morgan fingerprint density at radius 2 is 2.06 bits per heavy atom. The minimum atomic E-state index is -0.381. The van der Waals surface area contributed by atoms with Crippen LogP contribution in [0.5, 0.6) is 0 Å². The summed E-state index contributed by atoms with van der Waals surface area (Å²) < 4.78 is 0. The first kappa shape index (κ1) is 11.1. The molecular formula is C13H17NO2. The first-order valence-corrected chi connectivity index (χ1v) is 5.66. The lowest BCUT2D eigenvalue weighted by atomic mass is 9.90. The van der Waals surface area contributed by atoms with E-state index in [-0.39, 0.29) is 12.5 Å². The average Bonchev–Trinajstić information content (AvgIpc) is 2.71. The lowest BCUT2D eigenvalue weighted by Gasteiger charge is -2.15. The van der Waals surface area contributed by atoms with E-state index in [1.54, 1.807) is 4.90 Å². The number of hydrogen-bond donors (Lipinski definition) is 1. The Hall–Kier alpha value is -1.35. The van der Waals surface area contributed by atoms with Gasteiger partial charge >= 0.3 is 0 Å². The lowest BCUT2D eigenvalue weighted by Crippen LogP contribution is -2.31. The van der Waals surface area contributed by atoms with Gasteiger partial charge in [-0.3, -0.25) is 4.79 Å². The van der Waals surface area contributed by atoms with Crippen LogP contribution in [0.2, 0.25) is 0 Å². The number of aliphatic hydroxyl groups is 1. The van der Waals surface area contributed by atoms with Crippen LogP contribution >= 0.6 is 0 Å². The topological polar surface area (TPSA) is 40.5 Å². The molecule has 1 aromatic rings. The Balaban J connectivity index is 2.11. The molecule has 2 rings (SSSR count). The smallest absolute Gasteiger partial charge is 0.248 e. The van der Waals surface area contributed by atoms with Crippen molar-refractivity contribution in [3.63, 3.8) is 0 Å². The molecule has 16 heavy (non-hydrogen) atoms. The Kier molecular flexibility index (Phi) is 3.25. The van der Waals surface area contributed by atoms with Gasteiger partial charge in [0.1, 0.15) is 6.61 Å². The molecule has 1 aliphatic heterocycles. The number of aliphatic hydroxyl groups excluding tert-OH is 1. The van der Waals surface area contributed by atoms with Gasteiger partial charge in [0, 0.05) is 19.0 Å². The van der Waals surface area contributed by atoms with E-state index >= 15 is 0 Å². The third-order valence-corrected chi connectivity index (χ3v) is 3.33. The van der Waals surface area contributed by atoms with Crippen LogP contribution in [-0.4, -0.2) is 35.6 Å². The van der Waals surface area contributed by atoms with E-state index < -0.39 is 0 Å². The quantitative estimate of drug-likeness (QED) is 0.813. The van der Waals surface area contributed by atoms with Crippen molar-refractivity contribution in [3.8, 4) is 0 Å². The van der Waals surface area contributed by atoms with Crippen LogP contribution in [0, 0.1) is 5.92 Å². The van der Waals surface area contributed by atoms with E-state index in [9.17, 15) is 4.79 Å². The number of hydrogen-bond acceptors (Lipinski definition) is 2. The molecule has 1 saturated heterocycles. The van der Waals surface area contributed by atoms with Crippen molar-refractivity contribution in [3.05, 3.63) is 35.9 Å². The summed E-state index contributed by atoms with van der Waals surface area (Å²) in [6.45, 7) is 3.25. The van der Waals surface area contributed by atoms with Crippen molar-refractivity contribution in [1.82, 2.24) is 4.90 Å². The van der Waals surface area contributed by atoms with Gasteiger partial charge in [0.2, 0.25) is 5.91 Å². The first-order valence-electron chi connectivity index (χ1n) is 5.66. The third kappa shape index (κ3) is 2.09. The highest BCUT2D eigenvalue weighted by molar-refractivity contribution is 5.77. The summed E-state index contributed by atoms with van der Waals surface area (Å²) in [5.74, 6) is 0.694. The summed E-state index contributed by atoms with van der Waals surface area (Å²) in [6.07, 6.45) is 0. The van der Waals surface area contributed by atoms with E-state index in [0.29, 0.717) is 11.8 Å². The van der Waals surface area contributed by atoms with E-state index in [0.717, 1.165) is 13.1 Å². The molecule has 0 unspecified atom stereocenters. The molecule has 1 fully saturated rings. The summed E-state index contributed by atoms with van der Waals surface area (Å²) >= 11 is 0. The van der Waals surface area contributed by atoms with Gasteiger partial charge in [0.05, 0.1) is 0 Å². The summed E-state index contributed by atoms with van der Waals surface area (Å²) in [7, 11) is 0. The predicted octanol–water partition coefficient (Wildman–Crippen LogP) is 1.24. The maximum Gasteiger partial charge on any atom is 0.248 e. The van der Waals surface area contributed by atoms with Crippen LogP contribution < -0.4 is 0 Å². The molecule has 0 spiro atoms. The zero-order valence-electron chi connectivity index (χ0n) is 9.47. The normalized spacial score (nSPS) is 24.8. The second kappa shape index (κ2) is 4.66. The van der Waals surface area contributed by atoms with Crippen molar-refractivity contribution < 1.29 is 9.90 Å². The molecule has 0 bridgehead atoms. The van der Waals surface area contributed by atoms with E-state index in [4.69, 9.17) is 5.11 Å². The van der Waals surface area contributed by atoms with Gasteiger partial charge < -0.3 is 10.0 Å². The number of carbonyl (C=O) groups is 1. The van der Waals surface area contributed by atoms with Crippen molar-refractivity contribution >= 4 is 5.91 Å². The maximum absolute atomic E-state index is 11.4. The maximum atomic E-state index is 11.4. The summed E-state index contributed by atoms with van der Waals surface area (Å²) in [5.41, 5.74) is 1.28. The number of nitrogens with zero attached hydrogens (tertiary/aromatic N) is 1. The lowest BCUT2D eigenvalue weighted by molar-refractivity contribution is -0.133. The Morgan fingerprint density at radius 3 is 2.69 bits per heavy atom. The molecule has 3 heteroatoms. The van der Waals surface area contributed by atoms with Crippen molar-refractivity contribution in [1.29, 1.82) is 0 Å². The fourth-order valence-corrected chi connectivity index (χ4v) is 2.40. The van der Waals surface area contributed by atoms with Gasteiger partial charge in [-0.1, -0.05) is 37.3 Å². The van der Waals surface area contributed by atoms with Crippen LogP contribution in [0.25, 0.3) is 0 Å². The molecule has 2 atom stereocenters. The minimum absolute atomic E-state index is 0.162. The predicted molar refractivity (Wildman–Crippen MR) is 62.0 cm³/mol. The molecule has 86 valence electrons. The van der Waals surface area contributed by atoms with Gasteiger partial charge in [-0.15, -0.1) is 0 Å². The highest BCUT2D eigenvalue weighted by Gasteiger charge is 2.32. The zero-order chi connectivity index (χ0) is 11.5. The van der Waals surface area contributed by atoms with Crippen LogP contribution in [0.15, 0.2) is 30.3 Å². The third-order valence-electron chi connectivity index (χ3n) is 3.33. The fraction of sp³-hybridized carbons (Fsp3) is 0.462. The molecular weight excluding hydrogens is 202 g/mol. The highest BCUT2D eigenvalue weighted by Crippen LogP contribution is 2.31. The number of likely N-dealkylation sites (tertiary alicyclic amines) is 1. The Morgan fingerprint density at radius 1 is 1.38 bits per heavy atom. The van der Waals surface area contributed by atoms with Gasteiger partial charge in [0.25, 0.3) is 0 Å². The van der Waals surface area contributed by atoms with Crippen molar-refractivity contribution in [2.75, 3.05) is 19.7 Å². The first-order chi connectivity index (χ1) is 7.72. The Labute approximate surface area is 95.7 Å². The van der Waals surface area contributed by atoms with Crippen molar-refractivity contribution in [2.24, 2.45) is 5.92 Å². The fourth-order valence-electron chi connectivity index (χ4n) is 2.40. The summed E-state index contributed by atoms with van der Waals surface area (Å²) in [6, 6.07) is 10.3. The molecule has 0 saturated carbocycles. The van der Waals surface area contributed by atoms with Gasteiger partial charge in [-0.05, 0) is 11.5 Å². The van der Waals surface area contributed by atoms with E-state index in [1.807, 2.05) is 18.2 Å². The molecule has 1 N–H and O–H groups in total. The zero-order valence-corrected chi connectivity index (χ0v) is 9.47. The second-order valence-corrected chi connectivity index (χ2v) is 4.45. The molecule has 1 heterocycles. The molecule has 0 aliphatic carbocycles. The molecule has 0 radical (unpaired) electrons. The monoisotopic (exact) mass is 219 g/mol. The second-order valence-electron chi connectivity index (χ2n) is 4.45. The number of benzene rings is 1. The van der Waals surface area contributed by atoms with Crippen LogP contribution in [0.3, 0.4) is 0 Å². The molecule has 1 aromatic carbocycles.